The highest BCUT2D eigenvalue weighted by atomic mass is 16.2. The zero-order chi connectivity index (χ0) is 20.7. The summed E-state index contributed by atoms with van der Waals surface area (Å²) in [7, 11) is 0. The minimum Gasteiger partial charge on any atom is -0.324 e. The van der Waals surface area contributed by atoms with Crippen LogP contribution in [-0.2, 0) is 20.8 Å². The highest BCUT2D eigenvalue weighted by Crippen LogP contribution is 2.50. The first-order chi connectivity index (χ1) is 14.6. The Bertz CT molecular complexity index is 970. The number of para-hydroxylation sites is 1. The lowest BCUT2D eigenvalue weighted by Crippen LogP contribution is -2.49. The first-order valence-electron chi connectivity index (χ1n) is 10.6. The van der Waals surface area contributed by atoms with E-state index in [9.17, 15) is 14.4 Å². The van der Waals surface area contributed by atoms with Crippen molar-refractivity contribution in [3.8, 4) is 0 Å². The maximum atomic E-state index is 13.4. The summed E-state index contributed by atoms with van der Waals surface area (Å²) in [6.07, 6.45) is 6.38. The smallest absolute Gasteiger partial charge is 0.248 e. The van der Waals surface area contributed by atoms with Gasteiger partial charge in [-0.3, -0.25) is 19.3 Å². The highest BCUT2D eigenvalue weighted by Gasteiger charge is 2.58. The van der Waals surface area contributed by atoms with Crippen LogP contribution in [0.2, 0.25) is 0 Å². The van der Waals surface area contributed by atoms with Crippen LogP contribution in [0, 0.1) is 23.7 Å². The molecule has 5 heteroatoms. The molecule has 1 saturated carbocycles. The van der Waals surface area contributed by atoms with Gasteiger partial charge in [0.05, 0.1) is 11.8 Å². The van der Waals surface area contributed by atoms with E-state index in [1.165, 1.54) is 4.90 Å². The molecule has 3 amide bonds. The monoisotopic (exact) mass is 400 g/mol. The van der Waals surface area contributed by atoms with Crippen molar-refractivity contribution in [3.05, 3.63) is 78.4 Å². The lowest BCUT2D eigenvalue weighted by Gasteiger charge is -2.38. The first-order valence-corrected chi connectivity index (χ1v) is 10.6. The van der Waals surface area contributed by atoms with Crippen LogP contribution < -0.4 is 5.32 Å². The van der Waals surface area contributed by atoms with Crippen LogP contribution in [0.3, 0.4) is 0 Å². The van der Waals surface area contributed by atoms with Crippen LogP contribution in [0.15, 0.2) is 72.8 Å². The van der Waals surface area contributed by atoms with E-state index in [1.54, 1.807) is 12.1 Å². The van der Waals surface area contributed by atoms with Gasteiger partial charge in [-0.1, -0.05) is 60.7 Å². The van der Waals surface area contributed by atoms with Crippen molar-refractivity contribution in [2.75, 3.05) is 5.32 Å². The number of rotatable bonds is 5. The van der Waals surface area contributed by atoms with E-state index < -0.39 is 6.04 Å². The molecule has 30 heavy (non-hydrogen) atoms. The quantitative estimate of drug-likeness (QED) is 0.618. The summed E-state index contributed by atoms with van der Waals surface area (Å²) in [6.45, 7) is 0. The molecule has 0 unspecified atom stereocenters. The van der Waals surface area contributed by atoms with Crippen LogP contribution >= 0.6 is 0 Å². The molecule has 1 N–H and O–H groups in total. The maximum absolute atomic E-state index is 13.4. The zero-order valence-corrected chi connectivity index (χ0v) is 16.6. The lowest BCUT2D eigenvalue weighted by molar-refractivity contribution is -0.146. The van der Waals surface area contributed by atoms with E-state index in [2.05, 4.69) is 17.5 Å². The Morgan fingerprint density at radius 2 is 1.40 bits per heavy atom. The van der Waals surface area contributed by atoms with Gasteiger partial charge in [0, 0.05) is 12.1 Å². The molecule has 0 spiro atoms. The Morgan fingerprint density at radius 3 is 1.93 bits per heavy atom. The number of nitrogens with zero attached hydrogens (tertiary/aromatic N) is 1. The standard InChI is InChI=1S/C25H24N2O3/c28-23(26-19-9-5-2-6-10-19)20(15-16-7-3-1-4-8-16)27-24(29)21-17-11-12-18(14-13-17)22(21)25(27)30/h1-12,17-18,20-22H,13-15H2,(H,26,28)/t17-,18-,20-,21-,22+/m0/s1. The molecular weight excluding hydrogens is 376 g/mol. The average molecular weight is 400 g/mol. The molecular formula is C25H24N2O3. The van der Waals surface area contributed by atoms with E-state index >= 15 is 0 Å². The van der Waals surface area contributed by atoms with Gasteiger partial charge >= 0.3 is 0 Å². The van der Waals surface area contributed by atoms with Crippen LogP contribution in [0.5, 0.6) is 0 Å². The number of anilines is 1. The van der Waals surface area contributed by atoms with Crippen molar-refractivity contribution >= 4 is 23.4 Å². The summed E-state index contributed by atoms with van der Waals surface area (Å²) >= 11 is 0. The molecule has 3 aliphatic carbocycles. The number of hydrogen-bond donors (Lipinski definition) is 1. The van der Waals surface area contributed by atoms with Crippen molar-refractivity contribution in [1.82, 2.24) is 4.90 Å². The number of nitrogens with one attached hydrogen (secondary N) is 1. The summed E-state index contributed by atoms with van der Waals surface area (Å²) in [5, 5.41) is 2.90. The fraction of sp³-hybridized carbons (Fsp3) is 0.320. The second-order valence-corrected chi connectivity index (χ2v) is 8.45. The third kappa shape index (κ3) is 3.15. The predicted octanol–water partition coefficient (Wildman–Crippen LogP) is 3.43. The number of allylic oxidation sites excluding steroid dienone is 2. The molecule has 1 heterocycles. The van der Waals surface area contributed by atoms with E-state index in [4.69, 9.17) is 0 Å². The Labute approximate surface area is 175 Å². The third-order valence-corrected chi connectivity index (χ3v) is 6.72. The minimum absolute atomic E-state index is 0.107. The van der Waals surface area contributed by atoms with Gasteiger partial charge in [-0.25, -0.2) is 0 Å². The third-order valence-electron chi connectivity index (χ3n) is 6.72. The number of hydrogen-bond acceptors (Lipinski definition) is 3. The van der Waals surface area contributed by atoms with E-state index in [-0.39, 0.29) is 41.4 Å². The molecule has 5 nitrogen and oxygen atoms in total. The normalized spacial score (nSPS) is 27.8. The number of fused-ring (bicyclic) bond motifs is 1. The van der Waals surface area contributed by atoms with Crippen molar-refractivity contribution in [2.45, 2.75) is 25.3 Å². The average Bonchev–Trinajstić information content (AvgIpc) is 3.07. The Kier molecular flexibility index (Phi) is 4.74. The molecule has 152 valence electrons. The van der Waals surface area contributed by atoms with Gasteiger partial charge in [-0.15, -0.1) is 0 Å². The van der Waals surface area contributed by atoms with E-state index in [1.807, 2.05) is 48.5 Å². The Hall–Kier alpha value is -3.21. The fourth-order valence-electron chi connectivity index (χ4n) is 5.29. The van der Waals surface area contributed by atoms with E-state index in [0.29, 0.717) is 12.1 Å². The SMILES string of the molecule is O=C(Nc1ccccc1)[C@H](Cc1ccccc1)N1C(=O)[C@@H]2[C@H](C1=O)[C@H]1C=C[C@H]2CC1. The van der Waals surface area contributed by atoms with Gasteiger partial charge in [0.15, 0.2) is 0 Å². The van der Waals surface area contributed by atoms with Gasteiger partial charge in [0.25, 0.3) is 0 Å². The molecule has 4 aliphatic rings. The van der Waals surface area contributed by atoms with Gasteiger partial charge in [0.2, 0.25) is 17.7 Å². The van der Waals surface area contributed by atoms with Crippen LogP contribution in [-0.4, -0.2) is 28.7 Å². The van der Waals surface area contributed by atoms with Gasteiger partial charge in [-0.2, -0.15) is 0 Å². The molecule has 0 radical (unpaired) electrons. The fourth-order valence-corrected chi connectivity index (χ4v) is 5.29. The number of benzene rings is 2. The molecule has 1 saturated heterocycles. The van der Waals surface area contributed by atoms with Crippen LogP contribution in [0.1, 0.15) is 18.4 Å². The second kappa shape index (κ2) is 7.56. The predicted molar refractivity (Wildman–Crippen MR) is 113 cm³/mol. The van der Waals surface area contributed by atoms with Crippen molar-refractivity contribution in [3.63, 3.8) is 0 Å². The maximum Gasteiger partial charge on any atom is 0.248 e. The van der Waals surface area contributed by atoms with Crippen LogP contribution in [0.25, 0.3) is 0 Å². The number of amides is 3. The van der Waals surface area contributed by atoms with Gasteiger partial charge in [-0.05, 0) is 42.4 Å². The summed E-state index contributed by atoms with van der Waals surface area (Å²) in [4.78, 5) is 41.4. The Balaban J connectivity index is 1.47. The molecule has 2 fully saturated rings. The highest BCUT2D eigenvalue weighted by molar-refractivity contribution is 6.10. The van der Waals surface area contributed by atoms with E-state index in [0.717, 1.165) is 18.4 Å². The molecule has 6 rings (SSSR count). The second-order valence-electron chi connectivity index (χ2n) is 8.45. The minimum atomic E-state index is -0.863. The first kappa shape index (κ1) is 18.8. The summed E-state index contributed by atoms with van der Waals surface area (Å²) in [6, 6.07) is 17.8. The zero-order valence-electron chi connectivity index (χ0n) is 16.6. The molecule has 2 aromatic rings. The molecule has 2 bridgehead atoms. The molecule has 1 aliphatic heterocycles. The number of likely N-dealkylation sites (tertiary alicyclic amines) is 1. The molecule has 5 atom stereocenters. The van der Waals surface area contributed by atoms with Crippen molar-refractivity contribution < 1.29 is 14.4 Å². The number of imide groups is 1. The summed E-state index contributed by atoms with van der Waals surface area (Å²) in [5.41, 5.74) is 1.57. The summed E-state index contributed by atoms with van der Waals surface area (Å²) < 4.78 is 0. The molecule has 0 aromatic heterocycles. The van der Waals surface area contributed by atoms with Gasteiger partial charge in [0.1, 0.15) is 6.04 Å². The van der Waals surface area contributed by atoms with Crippen LogP contribution in [0.4, 0.5) is 5.69 Å². The lowest BCUT2D eigenvalue weighted by atomic mass is 9.63. The van der Waals surface area contributed by atoms with Crippen molar-refractivity contribution in [1.29, 1.82) is 0 Å². The largest absolute Gasteiger partial charge is 0.324 e. The number of carbonyl (C=O) groups excluding carboxylic acids is 3. The topological polar surface area (TPSA) is 66.5 Å². The van der Waals surface area contributed by atoms with Crippen molar-refractivity contribution in [2.24, 2.45) is 23.7 Å². The Morgan fingerprint density at radius 1 is 0.867 bits per heavy atom. The number of carbonyl (C=O) groups is 3. The summed E-state index contributed by atoms with van der Waals surface area (Å²) in [5.74, 6) is -1.12. The molecule has 2 aromatic carbocycles. The van der Waals surface area contributed by atoms with Gasteiger partial charge < -0.3 is 5.32 Å².